The van der Waals surface area contributed by atoms with Crippen molar-refractivity contribution in [3.8, 4) is 0 Å². The Hall–Kier alpha value is -0.220. The van der Waals surface area contributed by atoms with Gasteiger partial charge in [0, 0.05) is 13.1 Å². The van der Waals surface area contributed by atoms with Crippen LogP contribution in [-0.4, -0.2) is 54.7 Å². The maximum Gasteiger partial charge on any atom is 0.235 e. The van der Waals surface area contributed by atoms with Gasteiger partial charge in [-0.1, -0.05) is 13.8 Å². The molecule has 0 spiro atoms. The van der Waals surface area contributed by atoms with E-state index in [1.54, 1.807) is 0 Å². The fourth-order valence-electron chi connectivity index (χ4n) is 1.47. The van der Waals surface area contributed by atoms with Crippen molar-refractivity contribution in [2.75, 3.05) is 33.7 Å². The number of amides is 1. The van der Waals surface area contributed by atoms with Gasteiger partial charge in [0.25, 0.3) is 0 Å². The highest BCUT2D eigenvalue weighted by Crippen LogP contribution is 2.12. The monoisotopic (exact) mass is 246 g/mol. The Balaban J connectivity index is 4.11. The summed E-state index contributed by atoms with van der Waals surface area (Å²) in [5.41, 5.74) is 0. The van der Waals surface area contributed by atoms with E-state index >= 15 is 0 Å². The highest BCUT2D eigenvalue weighted by Gasteiger charge is 2.22. The van der Waals surface area contributed by atoms with E-state index < -0.39 is 0 Å². The molecule has 0 fully saturated rings. The molecule has 4 heteroatoms. The van der Waals surface area contributed by atoms with Crippen molar-refractivity contribution in [2.45, 2.75) is 32.4 Å². The minimum atomic E-state index is -0.167. The molecule has 0 aromatic rings. The van der Waals surface area contributed by atoms with Crippen LogP contribution in [0, 0.1) is 5.92 Å². The van der Waals surface area contributed by atoms with E-state index in [4.69, 9.17) is 0 Å². The SMILES string of the molecule is CCN(CCCN(C)C)C(=O)C(S)C(C)C. The number of hydrogen-bond acceptors (Lipinski definition) is 3. The van der Waals surface area contributed by atoms with Crippen LogP contribution < -0.4 is 0 Å². The molecule has 1 unspecified atom stereocenters. The summed E-state index contributed by atoms with van der Waals surface area (Å²) in [5.74, 6) is 0.457. The highest BCUT2D eigenvalue weighted by molar-refractivity contribution is 7.81. The van der Waals surface area contributed by atoms with Crippen molar-refractivity contribution in [1.29, 1.82) is 0 Å². The second-order valence-corrected chi connectivity index (χ2v) is 5.32. The second-order valence-electron chi connectivity index (χ2n) is 4.76. The van der Waals surface area contributed by atoms with E-state index in [0.29, 0.717) is 5.92 Å². The van der Waals surface area contributed by atoms with Gasteiger partial charge in [0.15, 0.2) is 0 Å². The average Bonchev–Trinajstić information content (AvgIpc) is 2.21. The molecule has 1 atom stereocenters. The first-order valence-corrected chi connectivity index (χ1v) is 6.53. The molecule has 16 heavy (non-hydrogen) atoms. The highest BCUT2D eigenvalue weighted by atomic mass is 32.1. The summed E-state index contributed by atoms with van der Waals surface area (Å²) in [6.07, 6.45) is 1.02. The Bertz CT molecular complexity index is 207. The van der Waals surface area contributed by atoms with Gasteiger partial charge in [-0.3, -0.25) is 4.79 Å². The number of carbonyl (C=O) groups excluding carboxylic acids is 1. The van der Waals surface area contributed by atoms with Crippen LogP contribution >= 0.6 is 12.6 Å². The van der Waals surface area contributed by atoms with E-state index in [9.17, 15) is 4.79 Å². The van der Waals surface area contributed by atoms with Crippen LogP contribution in [0.2, 0.25) is 0 Å². The zero-order valence-corrected chi connectivity index (χ0v) is 12.1. The van der Waals surface area contributed by atoms with Gasteiger partial charge in [-0.15, -0.1) is 0 Å². The number of thiol groups is 1. The lowest BCUT2D eigenvalue weighted by Crippen LogP contribution is -2.40. The maximum absolute atomic E-state index is 12.0. The number of nitrogens with zero attached hydrogens (tertiary/aromatic N) is 2. The van der Waals surface area contributed by atoms with Crippen LogP contribution in [0.25, 0.3) is 0 Å². The van der Waals surface area contributed by atoms with Gasteiger partial charge in [0.05, 0.1) is 5.25 Å². The first-order chi connectivity index (χ1) is 7.40. The molecule has 0 aliphatic carbocycles. The standard InChI is InChI=1S/C12H26N2OS/c1-6-14(9-7-8-13(4)5)12(15)11(16)10(2)3/h10-11,16H,6-9H2,1-5H3. The van der Waals surface area contributed by atoms with Gasteiger partial charge in [0.1, 0.15) is 0 Å². The van der Waals surface area contributed by atoms with Crippen LogP contribution in [-0.2, 0) is 4.79 Å². The fourth-order valence-corrected chi connectivity index (χ4v) is 1.64. The van der Waals surface area contributed by atoms with Gasteiger partial charge < -0.3 is 9.80 Å². The Morgan fingerprint density at radius 3 is 2.19 bits per heavy atom. The minimum absolute atomic E-state index is 0.166. The predicted molar refractivity (Wildman–Crippen MR) is 73.0 cm³/mol. The third-order valence-corrected chi connectivity index (χ3v) is 3.43. The summed E-state index contributed by atoms with van der Waals surface area (Å²) in [6, 6.07) is 0. The fraction of sp³-hybridized carbons (Fsp3) is 0.917. The van der Waals surface area contributed by atoms with E-state index in [2.05, 4.69) is 17.5 Å². The summed E-state index contributed by atoms with van der Waals surface area (Å²) < 4.78 is 0. The summed E-state index contributed by atoms with van der Waals surface area (Å²) >= 11 is 4.37. The van der Waals surface area contributed by atoms with Crippen molar-refractivity contribution < 1.29 is 4.79 Å². The van der Waals surface area contributed by atoms with Crippen molar-refractivity contribution in [3.05, 3.63) is 0 Å². The van der Waals surface area contributed by atoms with Crippen molar-refractivity contribution in [1.82, 2.24) is 9.80 Å². The molecule has 0 aliphatic heterocycles. The first-order valence-electron chi connectivity index (χ1n) is 6.01. The lowest BCUT2D eigenvalue weighted by Gasteiger charge is -2.26. The Kier molecular flexibility index (Phi) is 7.85. The number of carbonyl (C=O) groups is 1. The molecule has 0 radical (unpaired) electrons. The van der Waals surface area contributed by atoms with Gasteiger partial charge >= 0.3 is 0 Å². The molecular weight excluding hydrogens is 220 g/mol. The molecule has 1 amide bonds. The molecule has 0 N–H and O–H groups in total. The smallest absolute Gasteiger partial charge is 0.235 e. The lowest BCUT2D eigenvalue weighted by molar-refractivity contribution is -0.131. The third kappa shape index (κ3) is 5.75. The molecule has 0 aromatic heterocycles. The van der Waals surface area contributed by atoms with E-state index in [1.165, 1.54) is 0 Å². The molecule has 0 aliphatic rings. The molecule has 0 aromatic carbocycles. The Morgan fingerprint density at radius 1 is 1.25 bits per heavy atom. The van der Waals surface area contributed by atoms with Gasteiger partial charge in [-0.25, -0.2) is 0 Å². The Labute approximate surface area is 106 Å². The second kappa shape index (κ2) is 7.96. The largest absolute Gasteiger partial charge is 0.342 e. The predicted octanol–water partition coefficient (Wildman–Crippen LogP) is 1.74. The Morgan fingerprint density at radius 2 is 1.81 bits per heavy atom. The number of rotatable bonds is 7. The van der Waals surface area contributed by atoms with Gasteiger partial charge in [-0.05, 0) is 39.9 Å². The van der Waals surface area contributed by atoms with Crippen LogP contribution in [0.15, 0.2) is 0 Å². The van der Waals surface area contributed by atoms with Crippen LogP contribution in [0.3, 0.4) is 0 Å². The summed E-state index contributed by atoms with van der Waals surface area (Å²) in [4.78, 5) is 16.1. The first kappa shape index (κ1) is 15.8. The normalized spacial score (nSPS) is 13.2. The molecule has 96 valence electrons. The summed E-state index contributed by atoms with van der Waals surface area (Å²) in [5, 5.41) is -0.167. The zero-order chi connectivity index (χ0) is 12.7. The quantitative estimate of drug-likeness (QED) is 0.692. The molecular formula is C12H26N2OS. The van der Waals surface area contributed by atoms with Gasteiger partial charge in [0.2, 0.25) is 5.91 Å². The van der Waals surface area contributed by atoms with Crippen LogP contribution in [0.4, 0.5) is 0 Å². The molecule has 0 saturated carbocycles. The van der Waals surface area contributed by atoms with E-state index in [0.717, 1.165) is 26.1 Å². The molecule has 3 nitrogen and oxygen atoms in total. The minimum Gasteiger partial charge on any atom is -0.342 e. The van der Waals surface area contributed by atoms with Crippen molar-refractivity contribution in [3.63, 3.8) is 0 Å². The molecule has 0 rings (SSSR count). The van der Waals surface area contributed by atoms with E-state index in [1.807, 2.05) is 39.8 Å². The third-order valence-electron chi connectivity index (χ3n) is 2.61. The topological polar surface area (TPSA) is 23.6 Å². The van der Waals surface area contributed by atoms with Crippen molar-refractivity contribution >= 4 is 18.5 Å². The molecule has 0 heterocycles. The van der Waals surface area contributed by atoms with E-state index in [-0.39, 0.29) is 11.2 Å². The van der Waals surface area contributed by atoms with Crippen molar-refractivity contribution in [2.24, 2.45) is 5.92 Å². The summed E-state index contributed by atoms with van der Waals surface area (Å²) in [7, 11) is 4.10. The van der Waals surface area contributed by atoms with Crippen LogP contribution in [0.5, 0.6) is 0 Å². The maximum atomic E-state index is 12.0. The zero-order valence-electron chi connectivity index (χ0n) is 11.2. The average molecular weight is 246 g/mol. The molecule has 0 saturated heterocycles. The number of hydrogen-bond donors (Lipinski definition) is 1. The lowest BCUT2D eigenvalue weighted by atomic mass is 10.1. The molecule has 0 bridgehead atoms. The summed E-state index contributed by atoms with van der Waals surface area (Å²) in [6.45, 7) is 8.71. The van der Waals surface area contributed by atoms with Crippen LogP contribution in [0.1, 0.15) is 27.2 Å². The van der Waals surface area contributed by atoms with Gasteiger partial charge in [-0.2, -0.15) is 12.6 Å².